The number of ketones is 1. The normalized spacial score (nSPS) is 8.31. The van der Waals surface area contributed by atoms with E-state index in [1.165, 1.54) is 6.92 Å². The molecule has 13 heavy (non-hydrogen) atoms. The quantitative estimate of drug-likeness (QED) is 0.544. The van der Waals surface area contributed by atoms with Crippen LogP contribution in [0.4, 0.5) is 5.69 Å². The third-order valence-corrected chi connectivity index (χ3v) is 1.42. The number of carbonyl (C=O) groups is 1. The van der Waals surface area contributed by atoms with E-state index in [1.54, 1.807) is 24.3 Å². The summed E-state index contributed by atoms with van der Waals surface area (Å²) in [4.78, 5) is 10.8. The molecule has 0 fully saturated rings. The number of hydrogen-bond acceptors (Lipinski definition) is 3. The van der Waals surface area contributed by atoms with Gasteiger partial charge in [0.25, 0.3) is 0 Å². The standard InChI is InChI=1S/C8H9NO2.C2H6/c1-6(10)7-2-4-8(9-11)5-3-7;1-2/h2-5,9,11H,1H3;1-2H3. The SMILES string of the molecule is CC.CC(=O)c1ccc(NO)cc1. The summed E-state index contributed by atoms with van der Waals surface area (Å²) in [5.74, 6) is 0.0227. The zero-order valence-corrected chi connectivity index (χ0v) is 8.16. The van der Waals surface area contributed by atoms with Gasteiger partial charge in [0.1, 0.15) is 0 Å². The lowest BCUT2D eigenvalue weighted by Gasteiger charge is -1.98. The van der Waals surface area contributed by atoms with E-state index < -0.39 is 0 Å². The summed E-state index contributed by atoms with van der Waals surface area (Å²) in [5, 5.41) is 8.43. The minimum Gasteiger partial charge on any atom is -0.295 e. The Balaban J connectivity index is 0.000000671. The van der Waals surface area contributed by atoms with Crippen molar-refractivity contribution < 1.29 is 10.0 Å². The zero-order chi connectivity index (χ0) is 10.3. The van der Waals surface area contributed by atoms with Crippen molar-refractivity contribution in [3.05, 3.63) is 29.8 Å². The molecule has 0 radical (unpaired) electrons. The highest BCUT2D eigenvalue weighted by molar-refractivity contribution is 5.94. The summed E-state index contributed by atoms with van der Waals surface area (Å²) in [7, 11) is 0. The molecule has 0 saturated carbocycles. The van der Waals surface area contributed by atoms with Crippen LogP contribution < -0.4 is 5.48 Å². The summed E-state index contributed by atoms with van der Waals surface area (Å²) in [6.45, 7) is 5.50. The second kappa shape index (κ2) is 6.20. The van der Waals surface area contributed by atoms with Gasteiger partial charge in [0, 0.05) is 5.56 Å². The number of anilines is 1. The first-order valence-corrected chi connectivity index (χ1v) is 4.25. The lowest BCUT2D eigenvalue weighted by Crippen LogP contribution is -1.93. The molecule has 0 saturated heterocycles. The molecule has 1 aromatic rings. The van der Waals surface area contributed by atoms with Crippen molar-refractivity contribution >= 4 is 11.5 Å². The molecule has 0 unspecified atom stereocenters. The molecule has 0 spiro atoms. The third kappa shape index (κ3) is 3.71. The molecule has 0 amide bonds. The number of benzene rings is 1. The van der Waals surface area contributed by atoms with Gasteiger partial charge in [-0.25, -0.2) is 0 Å². The van der Waals surface area contributed by atoms with Crippen LogP contribution in [-0.2, 0) is 0 Å². The van der Waals surface area contributed by atoms with Crippen LogP contribution in [0.1, 0.15) is 31.1 Å². The first-order valence-electron chi connectivity index (χ1n) is 4.25. The van der Waals surface area contributed by atoms with E-state index >= 15 is 0 Å². The van der Waals surface area contributed by atoms with Crippen molar-refractivity contribution in [1.82, 2.24) is 0 Å². The van der Waals surface area contributed by atoms with Gasteiger partial charge in [-0.2, -0.15) is 0 Å². The smallest absolute Gasteiger partial charge is 0.159 e. The number of nitrogens with one attached hydrogen (secondary N) is 1. The van der Waals surface area contributed by atoms with Crippen molar-refractivity contribution in [3.63, 3.8) is 0 Å². The maximum atomic E-state index is 10.8. The predicted molar refractivity (Wildman–Crippen MR) is 53.2 cm³/mol. The van der Waals surface area contributed by atoms with Crippen molar-refractivity contribution in [2.45, 2.75) is 20.8 Å². The third-order valence-electron chi connectivity index (χ3n) is 1.42. The highest BCUT2D eigenvalue weighted by atomic mass is 16.5. The molecule has 1 aromatic carbocycles. The van der Waals surface area contributed by atoms with Crippen LogP contribution >= 0.6 is 0 Å². The molecule has 1 rings (SSSR count). The van der Waals surface area contributed by atoms with Crippen molar-refractivity contribution in [2.75, 3.05) is 5.48 Å². The average Bonchev–Trinajstić information content (AvgIpc) is 2.21. The van der Waals surface area contributed by atoms with Gasteiger partial charge >= 0.3 is 0 Å². The van der Waals surface area contributed by atoms with Gasteiger partial charge in [0.05, 0.1) is 5.69 Å². The van der Waals surface area contributed by atoms with Crippen molar-refractivity contribution in [1.29, 1.82) is 0 Å². The fourth-order valence-corrected chi connectivity index (χ4v) is 0.779. The summed E-state index contributed by atoms with van der Waals surface area (Å²) < 4.78 is 0. The van der Waals surface area contributed by atoms with E-state index in [2.05, 4.69) is 0 Å². The zero-order valence-electron chi connectivity index (χ0n) is 8.16. The molecule has 0 atom stereocenters. The molecule has 0 aliphatic carbocycles. The largest absolute Gasteiger partial charge is 0.295 e. The Morgan fingerprint density at radius 3 is 2.00 bits per heavy atom. The maximum absolute atomic E-state index is 10.8. The summed E-state index contributed by atoms with van der Waals surface area (Å²) in [5.41, 5.74) is 3.20. The molecule has 0 bridgehead atoms. The lowest BCUT2D eigenvalue weighted by atomic mass is 10.1. The highest BCUT2D eigenvalue weighted by Gasteiger charge is 1.96. The fraction of sp³-hybridized carbons (Fsp3) is 0.300. The second-order valence-corrected chi connectivity index (χ2v) is 2.25. The number of hydrogen-bond donors (Lipinski definition) is 2. The lowest BCUT2D eigenvalue weighted by molar-refractivity contribution is 0.101. The second-order valence-electron chi connectivity index (χ2n) is 2.25. The Morgan fingerprint density at radius 2 is 1.69 bits per heavy atom. The molecule has 0 aliphatic heterocycles. The van der Waals surface area contributed by atoms with Gasteiger partial charge in [-0.05, 0) is 31.2 Å². The monoisotopic (exact) mass is 181 g/mol. The molecule has 72 valence electrons. The van der Waals surface area contributed by atoms with E-state index in [4.69, 9.17) is 5.21 Å². The van der Waals surface area contributed by atoms with E-state index in [1.807, 2.05) is 19.3 Å². The minimum absolute atomic E-state index is 0.0227. The van der Waals surface area contributed by atoms with Gasteiger partial charge in [0.15, 0.2) is 5.78 Å². The van der Waals surface area contributed by atoms with Gasteiger partial charge < -0.3 is 0 Å². The minimum atomic E-state index is 0.0227. The van der Waals surface area contributed by atoms with E-state index in [0.29, 0.717) is 11.3 Å². The number of carbonyl (C=O) groups excluding carboxylic acids is 1. The molecule has 0 aromatic heterocycles. The van der Waals surface area contributed by atoms with Crippen molar-refractivity contribution in [3.8, 4) is 0 Å². The summed E-state index contributed by atoms with van der Waals surface area (Å²) in [6, 6.07) is 6.58. The van der Waals surface area contributed by atoms with E-state index in [-0.39, 0.29) is 5.78 Å². The first kappa shape index (κ1) is 11.6. The Kier molecular flexibility index (Phi) is 5.55. The molecule has 0 aliphatic rings. The Hall–Kier alpha value is -1.35. The summed E-state index contributed by atoms with van der Waals surface area (Å²) >= 11 is 0. The Morgan fingerprint density at radius 1 is 1.23 bits per heavy atom. The average molecular weight is 181 g/mol. The molecule has 3 nitrogen and oxygen atoms in total. The number of Topliss-reactive ketones (excluding diaryl/α,β-unsaturated/α-hetero) is 1. The van der Waals surface area contributed by atoms with Crippen LogP contribution in [0, 0.1) is 0 Å². The van der Waals surface area contributed by atoms with Gasteiger partial charge in [0.2, 0.25) is 0 Å². The van der Waals surface area contributed by atoms with Gasteiger partial charge in [-0.1, -0.05) is 13.8 Å². The van der Waals surface area contributed by atoms with E-state index in [9.17, 15) is 4.79 Å². The van der Waals surface area contributed by atoms with Crippen LogP contribution in [-0.4, -0.2) is 11.0 Å². The predicted octanol–water partition coefficient (Wildman–Crippen LogP) is 2.72. The topological polar surface area (TPSA) is 49.3 Å². The molecular weight excluding hydrogens is 166 g/mol. The number of rotatable bonds is 2. The van der Waals surface area contributed by atoms with Crippen LogP contribution in [0.2, 0.25) is 0 Å². The van der Waals surface area contributed by atoms with Crippen molar-refractivity contribution in [2.24, 2.45) is 0 Å². The maximum Gasteiger partial charge on any atom is 0.159 e. The molecule has 3 heteroatoms. The summed E-state index contributed by atoms with van der Waals surface area (Å²) in [6.07, 6.45) is 0. The Bertz CT molecular complexity index is 254. The molecule has 0 heterocycles. The molecule has 2 N–H and O–H groups in total. The van der Waals surface area contributed by atoms with Crippen LogP contribution in [0.3, 0.4) is 0 Å². The molecular formula is C10H15NO2. The van der Waals surface area contributed by atoms with Crippen LogP contribution in [0.5, 0.6) is 0 Å². The van der Waals surface area contributed by atoms with Crippen LogP contribution in [0.25, 0.3) is 0 Å². The van der Waals surface area contributed by atoms with Gasteiger partial charge in [-0.3, -0.25) is 15.5 Å². The highest BCUT2D eigenvalue weighted by Crippen LogP contribution is 2.08. The Labute approximate surface area is 78.4 Å². The fourth-order valence-electron chi connectivity index (χ4n) is 0.779. The van der Waals surface area contributed by atoms with E-state index in [0.717, 1.165) is 0 Å². The first-order chi connectivity index (χ1) is 6.24. The van der Waals surface area contributed by atoms with Crippen LogP contribution in [0.15, 0.2) is 24.3 Å². The van der Waals surface area contributed by atoms with Gasteiger partial charge in [-0.15, -0.1) is 0 Å².